The molecular weight excluding hydrogens is 291 g/mol. The lowest BCUT2D eigenvalue weighted by atomic mass is 10.1. The molecule has 1 aliphatic rings. The number of esters is 2. The van der Waals surface area contributed by atoms with Gasteiger partial charge in [0.1, 0.15) is 6.61 Å². The zero-order chi connectivity index (χ0) is 16.2. The molecule has 114 valence electrons. The molecule has 0 saturated carbocycles. The molecule has 0 aromatic heterocycles. The van der Waals surface area contributed by atoms with Crippen LogP contribution in [-0.4, -0.2) is 30.4 Å². The van der Waals surface area contributed by atoms with Crippen LogP contribution in [0.1, 0.15) is 17.3 Å². The summed E-state index contributed by atoms with van der Waals surface area (Å²) in [5.74, 6) is -0.0562. The molecule has 0 spiro atoms. The van der Waals surface area contributed by atoms with Crippen LogP contribution in [0.4, 0.5) is 4.39 Å². The van der Waals surface area contributed by atoms with E-state index >= 15 is 0 Å². The summed E-state index contributed by atoms with van der Waals surface area (Å²) in [7, 11) is 0. The molecule has 1 aromatic carbocycles. The van der Waals surface area contributed by atoms with Crippen molar-refractivity contribution in [2.75, 3.05) is 6.61 Å². The van der Waals surface area contributed by atoms with E-state index in [0.29, 0.717) is 5.56 Å². The summed E-state index contributed by atoms with van der Waals surface area (Å²) in [4.78, 5) is 22.7. The third kappa shape index (κ3) is 3.32. The maximum atomic E-state index is 14.0. The fraction of sp³-hybridized carbons (Fsp3) is 0.250. The first kappa shape index (κ1) is 15.7. The van der Waals surface area contributed by atoms with Gasteiger partial charge < -0.3 is 14.2 Å². The van der Waals surface area contributed by atoms with Crippen molar-refractivity contribution in [3.63, 3.8) is 0 Å². The first-order valence-electron chi connectivity index (χ1n) is 6.39. The van der Waals surface area contributed by atoms with Crippen LogP contribution >= 0.6 is 0 Å². The molecule has 1 aliphatic heterocycles. The number of terminal acetylenes is 1. The van der Waals surface area contributed by atoms with E-state index in [4.69, 9.17) is 20.6 Å². The van der Waals surface area contributed by atoms with Gasteiger partial charge in [-0.05, 0) is 12.1 Å². The molecule has 0 fully saturated rings. The van der Waals surface area contributed by atoms with Crippen molar-refractivity contribution in [1.29, 1.82) is 0 Å². The minimum atomic E-state index is -1.88. The molecule has 1 aromatic rings. The number of hydrogen-bond acceptors (Lipinski definition) is 5. The van der Waals surface area contributed by atoms with Crippen molar-refractivity contribution in [3.05, 3.63) is 47.8 Å². The Morgan fingerprint density at radius 3 is 2.68 bits per heavy atom. The minimum Gasteiger partial charge on any atom is -0.457 e. The van der Waals surface area contributed by atoms with Gasteiger partial charge in [0.15, 0.2) is 5.83 Å². The molecule has 0 radical (unpaired) electrons. The molecule has 6 heteroatoms. The smallest absolute Gasteiger partial charge is 0.338 e. The SMILES string of the molecule is C#C[C@@]1(COC(=O)c2ccccc2)OC(OC(C)=O)C=C1F. The normalized spacial score (nSPS) is 23.3. The summed E-state index contributed by atoms with van der Waals surface area (Å²) >= 11 is 0. The number of rotatable bonds is 4. The highest BCUT2D eigenvalue weighted by atomic mass is 19.1. The molecule has 0 amide bonds. The zero-order valence-corrected chi connectivity index (χ0v) is 11.7. The van der Waals surface area contributed by atoms with Crippen molar-refractivity contribution in [3.8, 4) is 12.3 Å². The van der Waals surface area contributed by atoms with E-state index in [1.165, 1.54) is 0 Å². The number of halogens is 1. The molecule has 5 nitrogen and oxygen atoms in total. The van der Waals surface area contributed by atoms with Crippen LogP contribution in [0.15, 0.2) is 42.2 Å². The van der Waals surface area contributed by atoms with E-state index in [9.17, 15) is 14.0 Å². The lowest BCUT2D eigenvalue weighted by molar-refractivity contribution is -0.177. The maximum absolute atomic E-state index is 14.0. The van der Waals surface area contributed by atoms with E-state index in [0.717, 1.165) is 13.0 Å². The van der Waals surface area contributed by atoms with Gasteiger partial charge in [-0.2, -0.15) is 0 Å². The van der Waals surface area contributed by atoms with E-state index in [1.54, 1.807) is 30.3 Å². The van der Waals surface area contributed by atoms with Crippen LogP contribution in [0, 0.1) is 12.3 Å². The molecular formula is C16H13FO5. The predicted octanol–water partition coefficient (Wildman–Crippen LogP) is 1.99. The van der Waals surface area contributed by atoms with Gasteiger partial charge in [0.05, 0.1) is 5.56 Å². The van der Waals surface area contributed by atoms with Gasteiger partial charge in [-0.25, -0.2) is 9.18 Å². The number of hydrogen-bond donors (Lipinski definition) is 0. The Kier molecular flexibility index (Phi) is 4.59. The van der Waals surface area contributed by atoms with Gasteiger partial charge in [0.2, 0.25) is 11.9 Å². The van der Waals surface area contributed by atoms with E-state index in [2.05, 4.69) is 5.92 Å². The molecule has 0 N–H and O–H groups in total. The number of carbonyl (C=O) groups is 2. The Labute approximate surface area is 126 Å². The summed E-state index contributed by atoms with van der Waals surface area (Å²) in [6.45, 7) is 0.623. The third-order valence-corrected chi connectivity index (χ3v) is 2.92. The minimum absolute atomic E-state index is 0.300. The summed E-state index contributed by atoms with van der Waals surface area (Å²) in [6, 6.07) is 8.17. The van der Waals surface area contributed by atoms with Gasteiger partial charge in [-0.15, -0.1) is 6.42 Å². The van der Waals surface area contributed by atoms with Gasteiger partial charge in [0.25, 0.3) is 0 Å². The highest BCUT2D eigenvalue weighted by molar-refractivity contribution is 5.89. The summed E-state index contributed by atoms with van der Waals surface area (Å²) < 4.78 is 28.9. The second kappa shape index (κ2) is 6.41. The van der Waals surface area contributed by atoms with Crippen LogP contribution in [0.2, 0.25) is 0 Å². The Balaban J connectivity index is 2.04. The van der Waals surface area contributed by atoms with Gasteiger partial charge in [-0.3, -0.25) is 4.79 Å². The Morgan fingerprint density at radius 2 is 2.09 bits per heavy atom. The quantitative estimate of drug-likeness (QED) is 0.629. The summed E-state index contributed by atoms with van der Waals surface area (Å²) in [6.07, 6.45) is 4.97. The standard InChI is InChI=1S/C16H13FO5/c1-3-16(13(17)9-14(22-16)21-11(2)18)10-20-15(19)12-7-5-4-6-8-12/h1,4-9,14H,10H2,2H3/t14?,16-/m0/s1. The first-order valence-corrected chi connectivity index (χ1v) is 6.39. The molecule has 2 rings (SSSR count). The van der Waals surface area contributed by atoms with Crippen molar-refractivity contribution >= 4 is 11.9 Å². The topological polar surface area (TPSA) is 61.8 Å². The number of benzene rings is 1. The molecule has 2 atom stereocenters. The van der Waals surface area contributed by atoms with E-state index in [-0.39, 0.29) is 0 Å². The molecule has 22 heavy (non-hydrogen) atoms. The predicted molar refractivity (Wildman–Crippen MR) is 74.1 cm³/mol. The Hall–Kier alpha value is -2.65. The lowest BCUT2D eigenvalue weighted by Gasteiger charge is -2.23. The van der Waals surface area contributed by atoms with Crippen molar-refractivity contribution in [2.45, 2.75) is 18.8 Å². The van der Waals surface area contributed by atoms with Crippen LogP contribution in [0.25, 0.3) is 0 Å². The zero-order valence-electron chi connectivity index (χ0n) is 11.7. The Morgan fingerprint density at radius 1 is 1.41 bits per heavy atom. The van der Waals surface area contributed by atoms with E-state index < -0.39 is 36.3 Å². The van der Waals surface area contributed by atoms with Crippen LogP contribution in [0.5, 0.6) is 0 Å². The highest BCUT2D eigenvalue weighted by Crippen LogP contribution is 2.32. The van der Waals surface area contributed by atoms with Crippen LogP contribution in [-0.2, 0) is 19.0 Å². The molecule has 0 aliphatic carbocycles. The van der Waals surface area contributed by atoms with Crippen molar-refractivity contribution in [1.82, 2.24) is 0 Å². The fourth-order valence-corrected chi connectivity index (χ4v) is 1.84. The molecule has 0 saturated heterocycles. The van der Waals surface area contributed by atoms with Crippen molar-refractivity contribution < 1.29 is 28.2 Å². The third-order valence-electron chi connectivity index (χ3n) is 2.92. The maximum Gasteiger partial charge on any atom is 0.338 e. The molecule has 0 bridgehead atoms. The average Bonchev–Trinajstić information content (AvgIpc) is 2.81. The largest absolute Gasteiger partial charge is 0.457 e. The second-order valence-corrected chi connectivity index (χ2v) is 4.52. The van der Waals surface area contributed by atoms with Gasteiger partial charge in [-0.1, -0.05) is 24.1 Å². The lowest BCUT2D eigenvalue weighted by Crippen LogP contribution is -2.37. The first-order chi connectivity index (χ1) is 10.5. The molecule has 1 unspecified atom stereocenters. The Bertz CT molecular complexity index is 646. The second-order valence-electron chi connectivity index (χ2n) is 4.52. The van der Waals surface area contributed by atoms with Crippen LogP contribution in [0.3, 0.4) is 0 Å². The number of ether oxygens (including phenoxy) is 3. The van der Waals surface area contributed by atoms with E-state index in [1.807, 2.05) is 0 Å². The van der Waals surface area contributed by atoms with Crippen LogP contribution < -0.4 is 0 Å². The van der Waals surface area contributed by atoms with Crippen molar-refractivity contribution in [2.24, 2.45) is 0 Å². The van der Waals surface area contributed by atoms with Gasteiger partial charge >= 0.3 is 11.9 Å². The fourth-order valence-electron chi connectivity index (χ4n) is 1.84. The number of carbonyl (C=O) groups excluding carboxylic acids is 2. The van der Waals surface area contributed by atoms with Gasteiger partial charge in [0, 0.05) is 13.0 Å². The average molecular weight is 304 g/mol. The monoisotopic (exact) mass is 304 g/mol. The summed E-state index contributed by atoms with van der Waals surface area (Å²) in [5, 5.41) is 0. The summed E-state index contributed by atoms with van der Waals surface area (Å²) in [5.41, 5.74) is -1.58. The highest BCUT2D eigenvalue weighted by Gasteiger charge is 2.45. The molecule has 1 heterocycles.